The van der Waals surface area contributed by atoms with Crippen LogP contribution in [0.2, 0.25) is 0 Å². The Kier molecular flexibility index (Phi) is 5.86. The molecule has 0 aliphatic carbocycles. The summed E-state index contributed by atoms with van der Waals surface area (Å²) in [5.41, 5.74) is 0.986. The van der Waals surface area contributed by atoms with E-state index >= 15 is 0 Å². The van der Waals surface area contributed by atoms with Gasteiger partial charge < -0.3 is 20.7 Å². The van der Waals surface area contributed by atoms with Crippen LogP contribution in [0, 0.1) is 0 Å². The average molecular weight is 337 g/mol. The van der Waals surface area contributed by atoms with Crippen molar-refractivity contribution in [1.82, 2.24) is 5.32 Å². The fraction of sp³-hybridized carbons (Fsp3) is 0.400. The number of ether oxygens (including phenoxy) is 1. The van der Waals surface area contributed by atoms with Gasteiger partial charge in [0.15, 0.2) is 0 Å². The van der Waals surface area contributed by atoms with Gasteiger partial charge in [-0.25, -0.2) is 0 Å². The highest BCUT2D eigenvalue weighted by molar-refractivity contribution is 7.99. The molecule has 23 heavy (non-hydrogen) atoms. The van der Waals surface area contributed by atoms with Crippen molar-refractivity contribution in [3.8, 4) is 5.75 Å². The maximum Gasteiger partial charge on any atom is 0.247 e. The molecule has 2 rings (SSSR count). The summed E-state index contributed by atoms with van der Waals surface area (Å²) >= 11 is 1.56. The van der Waals surface area contributed by atoms with Gasteiger partial charge in [-0.15, -0.1) is 0 Å². The van der Waals surface area contributed by atoms with Crippen LogP contribution in [0.3, 0.4) is 0 Å². The van der Waals surface area contributed by atoms with E-state index in [0.717, 1.165) is 0 Å². The Morgan fingerprint density at radius 2 is 2.13 bits per heavy atom. The van der Waals surface area contributed by atoms with E-state index in [4.69, 9.17) is 4.74 Å². The van der Waals surface area contributed by atoms with E-state index in [9.17, 15) is 14.4 Å². The summed E-state index contributed by atoms with van der Waals surface area (Å²) in [6, 6.07) is 4.36. The lowest BCUT2D eigenvalue weighted by molar-refractivity contribution is -0.125. The largest absolute Gasteiger partial charge is 0.495 e. The maximum atomic E-state index is 12.4. The molecule has 0 bridgehead atoms. The van der Waals surface area contributed by atoms with Crippen molar-refractivity contribution < 1.29 is 19.1 Å². The van der Waals surface area contributed by atoms with Gasteiger partial charge in [0.2, 0.25) is 17.7 Å². The monoisotopic (exact) mass is 337 g/mol. The smallest absolute Gasteiger partial charge is 0.247 e. The average Bonchev–Trinajstić information content (AvgIpc) is 2.71. The molecule has 1 saturated heterocycles. The third kappa shape index (κ3) is 4.88. The lowest BCUT2D eigenvalue weighted by Gasteiger charge is -2.17. The Bertz CT molecular complexity index is 621. The summed E-state index contributed by atoms with van der Waals surface area (Å²) in [4.78, 5) is 35.1. The summed E-state index contributed by atoms with van der Waals surface area (Å²) in [6.07, 6.45) is 0.412. The minimum atomic E-state index is -0.593. The molecule has 0 unspecified atom stereocenters. The molecule has 1 aromatic rings. The van der Waals surface area contributed by atoms with Gasteiger partial charge in [-0.3, -0.25) is 14.4 Å². The first-order valence-electron chi connectivity index (χ1n) is 7.13. The molecule has 0 saturated carbocycles. The van der Waals surface area contributed by atoms with Gasteiger partial charge in [0.25, 0.3) is 0 Å². The SMILES string of the molecule is COc1ccc(NC(C)=O)cc1NC(=O)[C@H]1CSCCC(=O)N1. The highest BCUT2D eigenvalue weighted by Crippen LogP contribution is 2.28. The number of hydrogen-bond donors (Lipinski definition) is 3. The third-order valence-corrected chi connectivity index (χ3v) is 4.25. The zero-order valence-electron chi connectivity index (χ0n) is 13.0. The molecule has 0 aromatic heterocycles. The molecule has 0 spiro atoms. The molecule has 7 nitrogen and oxygen atoms in total. The zero-order chi connectivity index (χ0) is 16.8. The summed E-state index contributed by atoms with van der Waals surface area (Å²) in [5, 5.41) is 8.10. The predicted molar refractivity (Wildman–Crippen MR) is 89.8 cm³/mol. The topological polar surface area (TPSA) is 96.5 Å². The van der Waals surface area contributed by atoms with E-state index in [0.29, 0.717) is 35.1 Å². The number of benzene rings is 1. The number of nitrogens with one attached hydrogen (secondary N) is 3. The van der Waals surface area contributed by atoms with E-state index in [2.05, 4.69) is 16.0 Å². The van der Waals surface area contributed by atoms with Gasteiger partial charge in [0.05, 0.1) is 12.8 Å². The number of hydrogen-bond acceptors (Lipinski definition) is 5. The van der Waals surface area contributed by atoms with Crippen molar-refractivity contribution in [3.05, 3.63) is 18.2 Å². The molecule has 8 heteroatoms. The van der Waals surface area contributed by atoms with Crippen molar-refractivity contribution in [2.45, 2.75) is 19.4 Å². The minimum Gasteiger partial charge on any atom is -0.495 e. The van der Waals surface area contributed by atoms with Crippen LogP contribution >= 0.6 is 11.8 Å². The van der Waals surface area contributed by atoms with E-state index in [1.165, 1.54) is 14.0 Å². The standard InChI is InChI=1S/C15H19N3O4S/c1-9(19)16-10-3-4-13(22-2)11(7-10)18-15(21)12-8-23-6-5-14(20)17-12/h3-4,7,12H,5-6,8H2,1-2H3,(H,16,19)(H,17,20)(H,18,21)/t12-/m1/s1. The molecular weight excluding hydrogens is 318 g/mol. The van der Waals surface area contributed by atoms with Crippen LogP contribution in [0.15, 0.2) is 18.2 Å². The second-order valence-electron chi connectivity index (χ2n) is 5.03. The van der Waals surface area contributed by atoms with Crippen molar-refractivity contribution in [1.29, 1.82) is 0 Å². The number of carbonyl (C=O) groups is 3. The van der Waals surface area contributed by atoms with Gasteiger partial charge >= 0.3 is 0 Å². The van der Waals surface area contributed by atoms with Crippen molar-refractivity contribution >= 4 is 40.9 Å². The quantitative estimate of drug-likeness (QED) is 0.767. The number of rotatable bonds is 4. The molecular formula is C15H19N3O4S. The van der Waals surface area contributed by atoms with E-state index in [1.54, 1.807) is 30.0 Å². The molecule has 1 atom stereocenters. The Hall–Kier alpha value is -2.22. The van der Waals surface area contributed by atoms with Crippen LogP contribution in [-0.2, 0) is 14.4 Å². The highest BCUT2D eigenvalue weighted by atomic mass is 32.2. The summed E-state index contributed by atoms with van der Waals surface area (Å²) < 4.78 is 5.22. The Balaban J connectivity index is 2.14. The number of thioether (sulfide) groups is 1. The van der Waals surface area contributed by atoms with Crippen LogP contribution in [-0.4, -0.2) is 42.4 Å². The van der Waals surface area contributed by atoms with E-state index in [1.807, 2.05) is 0 Å². The molecule has 1 aromatic carbocycles. The first-order valence-corrected chi connectivity index (χ1v) is 8.28. The molecule has 124 valence electrons. The fourth-order valence-electron chi connectivity index (χ4n) is 2.12. The first-order chi connectivity index (χ1) is 11.0. The summed E-state index contributed by atoms with van der Waals surface area (Å²) in [6.45, 7) is 1.40. The van der Waals surface area contributed by atoms with Crippen LogP contribution in [0.5, 0.6) is 5.75 Å². The zero-order valence-corrected chi connectivity index (χ0v) is 13.8. The van der Waals surface area contributed by atoms with Crippen LogP contribution < -0.4 is 20.7 Å². The second-order valence-corrected chi connectivity index (χ2v) is 6.18. The third-order valence-electron chi connectivity index (χ3n) is 3.19. The Morgan fingerprint density at radius 1 is 1.35 bits per heavy atom. The molecule has 1 aliphatic heterocycles. The fourth-order valence-corrected chi connectivity index (χ4v) is 3.09. The van der Waals surface area contributed by atoms with Gasteiger partial charge in [0, 0.05) is 30.5 Å². The number of methoxy groups -OCH3 is 1. The second kappa shape index (κ2) is 7.87. The van der Waals surface area contributed by atoms with Crippen molar-refractivity contribution in [2.75, 3.05) is 29.2 Å². The normalized spacial score (nSPS) is 17.7. The Morgan fingerprint density at radius 3 is 2.83 bits per heavy atom. The lowest BCUT2D eigenvalue weighted by Crippen LogP contribution is -2.44. The van der Waals surface area contributed by atoms with Gasteiger partial charge in [-0.1, -0.05) is 0 Å². The molecule has 1 heterocycles. The minimum absolute atomic E-state index is 0.130. The summed E-state index contributed by atoms with van der Waals surface area (Å²) in [5.74, 6) is 1.04. The first kappa shape index (κ1) is 17.1. The predicted octanol–water partition coefficient (Wildman–Crippen LogP) is 1.21. The molecule has 0 radical (unpaired) electrons. The highest BCUT2D eigenvalue weighted by Gasteiger charge is 2.24. The Labute approximate surface area is 138 Å². The lowest BCUT2D eigenvalue weighted by atomic mass is 10.2. The van der Waals surface area contributed by atoms with Crippen LogP contribution in [0.4, 0.5) is 11.4 Å². The van der Waals surface area contributed by atoms with Gasteiger partial charge in [-0.2, -0.15) is 11.8 Å². The van der Waals surface area contributed by atoms with Crippen molar-refractivity contribution in [2.24, 2.45) is 0 Å². The molecule has 3 amide bonds. The molecule has 1 aliphatic rings. The maximum absolute atomic E-state index is 12.4. The number of carbonyl (C=O) groups excluding carboxylic acids is 3. The number of anilines is 2. The van der Waals surface area contributed by atoms with Crippen LogP contribution in [0.1, 0.15) is 13.3 Å². The summed E-state index contributed by atoms with van der Waals surface area (Å²) in [7, 11) is 1.49. The molecule has 3 N–H and O–H groups in total. The van der Waals surface area contributed by atoms with Gasteiger partial charge in [0.1, 0.15) is 11.8 Å². The van der Waals surface area contributed by atoms with Crippen LogP contribution in [0.25, 0.3) is 0 Å². The van der Waals surface area contributed by atoms with Gasteiger partial charge in [-0.05, 0) is 18.2 Å². The molecule has 1 fully saturated rings. The van der Waals surface area contributed by atoms with E-state index < -0.39 is 6.04 Å². The number of amides is 3. The van der Waals surface area contributed by atoms with E-state index in [-0.39, 0.29) is 17.7 Å². The van der Waals surface area contributed by atoms with Crippen molar-refractivity contribution in [3.63, 3.8) is 0 Å².